The van der Waals surface area contributed by atoms with Crippen LogP contribution in [0.15, 0.2) is 64.8 Å². The molecule has 0 saturated carbocycles. The Hall–Kier alpha value is -2.61. The van der Waals surface area contributed by atoms with Gasteiger partial charge < -0.3 is 4.52 Å². The first-order chi connectivity index (χ1) is 13.2. The zero-order valence-electron chi connectivity index (χ0n) is 14.0. The number of hydrogen-bond donors (Lipinski definition) is 1. The zero-order chi connectivity index (χ0) is 18.6. The van der Waals surface area contributed by atoms with Gasteiger partial charge in [0.15, 0.2) is 5.82 Å². The molecule has 2 aromatic carbocycles. The standard InChI is InChI=1S/C19H14ClFN4OS/c20-14-5-1-12(2-6-14)17(18-23-11-26-25-18)22-9-16-10-27-19(24-16)13-3-7-15(21)8-4-13/h1-8,10-11,17,22H,9H2/t17-/m1/s1. The van der Waals surface area contributed by atoms with Crippen LogP contribution in [0.1, 0.15) is 23.1 Å². The zero-order valence-corrected chi connectivity index (χ0v) is 15.5. The molecule has 4 aromatic rings. The summed E-state index contributed by atoms with van der Waals surface area (Å²) in [5, 5.41) is 10.8. The lowest BCUT2D eigenvalue weighted by Gasteiger charge is -2.15. The molecule has 0 aliphatic carbocycles. The Morgan fingerprint density at radius 1 is 1.11 bits per heavy atom. The fourth-order valence-electron chi connectivity index (χ4n) is 2.64. The molecular formula is C19H14ClFN4OS. The summed E-state index contributed by atoms with van der Waals surface area (Å²) in [7, 11) is 0. The van der Waals surface area contributed by atoms with Gasteiger partial charge in [-0.1, -0.05) is 28.9 Å². The second kappa shape index (κ2) is 7.96. The van der Waals surface area contributed by atoms with Crippen molar-refractivity contribution in [2.45, 2.75) is 12.6 Å². The van der Waals surface area contributed by atoms with E-state index in [1.165, 1.54) is 29.9 Å². The highest BCUT2D eigenvalue weighted by Crippen LogP contribution is 2.25. The highest BCUT2D eigenvalue weighted by Gasteiger charge is 2.19. The first-order valence-electron chi connectivity index (χ1n) is 8.14. The molecule has 0 fully saturated rings. The van der Waals surface area contributed by atoms with Gasteiger partial charge in [0.05, 0.1) is 11.7 Å². The normalized spacial score (nSPS) is 12.2. The van der Waals surface area contributed by atoms with E-state index in [1.807, 2.05) is 29.6 Å². The Balaban J connectivity index is 1.51. The lowest BCUT2D eigenvalue weighted by atomic mass is 10.1. The van der Waals surface area contributed by atoms with E-state index < -0.39 is 0 Å². The highest BCUT2D eigenvalue weighted by molar-refractivity contribution is 7.13. The average molecular weight is 401 g/mol. The van der Waals surface area contributed by atoms with Gasteiger partial charge in [-0.3, -0.25) is 5.32 Å². The molecule has 0 saturated heterocycles. The van der Waals surface area contributed by atoms with Gasteiger partial charge in [-0.25, -0.2) is 9.37 Å². The van der Waals surface area contributed by atoms with Gasteiger partial charge in [0.25, 0.3) is 0 Å². The van der Waals surface area contributed by atoms with Gasteiger partial charge in [0.1, 0.15) is 10.8 Å². The average Bonchev–Trinajstić information content (AvgIpc) is 3.36. The number of aromatic nitrogens is 3. The van der Waals surface area contributed by atoms with Crippen LogP contribution in [0, 0.1) is 5.82 Å². The summed E-state index contributed by atoms with van der Waals surface area (Å²) in [5.41, 5.74) is 2.73. The molecule has 4 rings (SSSR count). The number of hydrogen-bond acceptors (Lipinski definition) is 6. The van der Waals surface area contributed by atoms with Crippen LogP contribution in [-0.2, 0) is 6.54 Å². The first-order valence-corrected chi connectivity index (χ1v) is 9.40. The maximum absolute atomic E-state index is 13.1. The van der Waals surface area contributed by atoms with Crippen LogP contribution in [0.4, 0.5) is 4.39 Å². The van der Waals surface area contributed by atoms with Gasteiger partial charge in [0, 0.05) is 22.5 Å². The molecule has 0 spiro atoms. The van der Waals surface area contributed by atoms with E-state index in [4.69, 9.17) is 16.1 Å². The summed E-state index contributed by atoms with van der Waals surface area (Å²) in [6, 6.07) is 13.5. The van der Waals surface area contributed by atoms with Crippen molar-refractivity contribution in [1.29, 1.82) is 0 Å². The molecule has 0 aliphatic heterocycles. The van der Waals surface area contributed by atoms with Crippen LogP contribution in [0.5, 0.6) is 0 Å². The smallest absolute Gasteiger partial charge is 0.213 e. The molecule has 0 bridgehead atoms. The number of nitrogens with one attached hydrogen (secondary N) is 1. The Kier molecular flexibility index (Phi) is 5.24. The van der Waals surface area contributed by atoms with Gasteiger partial charge in [-0.2, -0.15) is 4.98 Å². The lowest BCUT2D eigenvalue weighted by Crippen LogP contribution is -2.23. The maximum atomic E-state index is 13.1. The molecule has 2 heterocycles. The third-order valence-corrected chi connectivity index (χ3v) is 5.16. The number of rotatable bonds is 6. The predicted octanol–water partition coefficient (Wildman–Crippen LogP) is 4.86. The van der Waals surface area contributed by atoms with E-state index in [0.717, 1.165) is 21.8 Å². The van der Waals surface area contributed by atoms with Crippen molar-refractivity contribution in [1.82, 2.24) is 20.4 Å². The molecular weight excluding hydrogens is 387 g/mol. The van der Waals surface area contributed by atoms with Crippen molar-refractivity contribution in [2.75, 3.05) is 0 Å². The van der Waals surface area contributed by atoms with Crippen LogP contribution < -0.4 is 5.32 Å². The first kappa shape index (κ1) is 17.8. The third kappa shape index (κ3) is 4.21. The second-order valence-corrected chi connectivity index (χ2v) is 7.10. The summed E-state index contributed by atoms with van der Waals surface area (Å²) >= 11 is 7.50. The number of halogens is 2. The van der Waals surface area contributed by atoms with E-state index >= 15 is 0 Å². The summed E-state index contributed by atoms with van der Waals surface area (Å²) in [5.74, 6) is 0.273. The quantitative estimate of drug-likeness (QED) is 0.500. The minimum atomic E-state index is -0.261. The molecule has 0 unspecified atom stereocenters. The SMILES string of the molecule is Fc1ccc(-c2nc(CN[C@H](c3ccc(Cl)cc3)c3ncon3)cs2)cc1. The lowest BCUT2D eigenvalue weighted by molar-refractivity contribution is 0.401. The van der Waals surface area contributed by atoms with Crippen molar-refractivity contribution in [3.63, 3.8) is 0 Å². The predicted molar refractivity (Wildman–Crippen MR) is 102 cm³/mol. The molecule has 2 aromatic heterocycles. The Bertz CT molecular complexity index is 1000. The molecule has 0 radical (unpaired) electrons. The van der Waals surface area contributed by atoms with Crippen molar-refractivity contribution in [3.05, 3.63) is 88.2 Å². The van der Waals surface area contributed by atoms with Crippen molar-refractivity contribution in [3.8, 4) is 10.6 Å². The molecule has 1 N–H and O–H groups in total. The van der Waals surface area contributed by atoms with Crippen LogP contribution in [-0.4, -0.2) is 15.1 Å². The second-order valence-electron chi connectivity index (χ2n) is 5.81. The number of benzene rings is 2. The molecule has 8 heteroatoms. The van der Waals surface area contributed by atoms with Crippen LogP contribution in [0.3, 0.4) is 0 Å². The van der Waals surface area contributed by atoms with Crippen molar-refractivity contribution >= 4 is 22.9 Å². The van der Waals surface area contributed by atoms with Gasteiger partial charge in [0.2, 0.25) is 6.39 Å². The molecule has 5 nitrogen and oxygen atoms in total. The Morgan fingerprint density at radius 3 is 2.59 bits per heavy atom. The number of thiazole rings is 1. The van der Waals surface area contributed by atoms with Crippen LogP contribution >= 0.6 is 22.9 Å². The Labute approximate surface area is 163 Å². The molecule has 27 heavy (non-hydrogen) atoms. The highest BCUT2D eigenvalue weighted by atomic mass is 35.5. The summed E-state index contributed by atoms with van der Waals surface area (Å²) in [6.07, 6.45) is 1.30. The molecule has 0 aliphatic rings. The van der Waals surface area contributed by atoms with Gasteiger partial charge in [-0.05, 0) is 42.0 Å². The largest absolute Gasteiger partial charge is 0.343 e. The maximum Gasteiger partial charge on any atom is 0.213 e. The van der Waals surface area contributed by atoms with Crippen molar-refractivity contribution in [2.24, 2.45) is 0 Å². The van der Waals surface area contributed by atoms with Gasteiger partial charge >= 0.3 is 0 Å². The van der Waals surface area contributed by atoms with Crippen LogP contribution in [0.25, 0.3) is 10.6 Å². The fourth-order valence-corrected chi connectivity index (χ4v) is 3.59. The van der Waals surface area contributed by atoms with Crippen molar-refractivity contribution < 1.29 is 8.91 Å². The van der Waals surface area contributed by atoms with E-state index in [2.05, 4.69) is 20.4 Å². The minimum absolute atomic E-state index is 0.253. The van der Waals surface area contributed by atoms with E-state index in [1.54, 1.807) is 12.1 Å². The topological polar surface area (TPSA) is 63.8 Å². The van der Waals surface area contributed by atoms with E-state index in [0.29, 0.717) is 17.4 Å². The summed E-state index contributed by atoms with van der Waals surface area (Å²) in [4.78, 5) is 8.78. The summed E-state index contributed by atoms with van der Waals surface area (Å²) in [6.45, 7) is 0.513. The molecule has 1 atom stereocenters. The molecule has 0 amide bonds. The van der Waals surface area contributed by atoms with E-state index in [-0.39, 0.29) is 11.9 Å². The third-order valence-electron chi connectivity index (χ3n) is 3.97. The minimum Gasteiger partial charge on any atom is -0.343 e. The fraction of sp³-hybridized carbons (Fsp3) is 0.105. The number of nitrogens with zero attached hydrogens (tertiary/aromatic N) is 3. The summed E-state index contributed by atoms with van der Waals surface area (Å²) < 4.78 is 18.0. The van der Waals surface area contributed by atoms with E-state index in [9.17, 15) is 4.39 Å². The van der Waals surface area contributed by atoms with Crippen LogP contribution in [0.2, 0.25) is 5.02 Å². The Morgan fingerprint density at radius 2 is 1.89 bits per heavy atom. The molecule has 136 valence electrons. The monoisotopic (exact) mass is 400 g/mol. The van der Waals surface area contributed by atoms with Gasteiger partial charge in [-0.15, -0.1) is 11.3 Å².